The number of hydrogen-bond acceptors (Lipinski definition) is 6. The van der Waals surface area contributed by atoms with Gasteiger partial charge in [0.05, 0.1) is 15.7 Å². The molecule has 0 aliphatic carbocycles. The number of nitrogens with one attached hydrogen (secondary N) is 1. The maximum atomic E-state index is 13.5. The molecule has 4 rings (SSSR count). The molecule has 1 N–H and O–H groups in total. The van der Waals surface area contributed by atoms with Crippen LogP contribution in [-0.4, -0.2) is 41.4 Å². The van der Waals surface area contributed by atoms with Crippen LogP contribution in [0.1, 0.15) is 0 Å². The third kappa shape index (κ3) is 3.54. The minimum absolute atomic E-state index is 0.102. The molecule has 0 saturated carbocycles. The lowest BCUT2D eigenvalue weighted by atomic mass is 10.1. The highest BCUT2D eigenvalue weighted by Crippen LogP contribution is 2.32. The number of benzene rings is 2. The van der Waals surface area contributed by atoms with Gasteiger partial charge in [0.15, 0.2) is 12.1 Å². The molecular formula is C18H12Cl2FN5O3. The van der Waals surface area contributed by atoms with Gasteiger partial charge < -0.3 is 5.32 Å². The van der Waals surface area contributed by atoms with Crippen LogP contribution in [0.15, 0.2) is 52.8 Å². The number of carbonyl (C=O) groups excluding carboxylic acids is 3. The standard InChI is InChI=1S/C18H12Cl2FN5O3/c19-12-5-4-10(7-13(12)20)22-14(27)8-25-16-15(23-24-25)17(28)26(18(16)29)11-3-1-2-9(21)6-11/h1-7,15-16H,8H2,(H,22,27)/t15-,16+/m1/s1. The molecule has 8 nitrogen and oxygen atoms in total. The number of carbonyl (C=O) groups is 3. The molecule has 2 heterocycles. The summed E-state index contributed by atoms with van der Waals surface area (Å²) in [5.74, 6) is -2.33. The van der Waals surface area contributed by atoms with Crippen molar-refractivity contribution < 1.29 is 18.8 Å². The van der Waals surface area contributed by atoms with Crippen molar-refractivity contribution >= 4 is 52.3 Å². The van der Waals surface area contributed by atoms with Crippen molar-refractivity contribution in [1.82, 2.24) is 5.01 Å². The van der Waals surface area contributed by atoms with Crippen molar-refractivity contribution in [3.63, 3.8) is 0 Å². The Bertz CT molecular complexity index is 1060. The molecule has 11 heteroatoms. The summed E-state index contributed by atoms with van der Waals surface area (Å²) in [6.45, 7) is -0.319. The first kappa shape index (κ1) is 19.3. The molecule has 148 valence electrons. The predicted molar refractivity (Wildman–Crippen MR) is 103 cm³/mol. The molecule has 0 spiro atoms. The van der Waals surface area contributed by atoms with Crippen LogP contribution in [0.4, 0.5) is 15.8 Å². The Morgan fingerprint density at radius 2 is 1.90 bits per heavy atom. The van der Waals surface area contributed by atoms with Gasteiger partial charge >= 0.3 is 0 Å². The summed E-state index contributed by atoms with van der Waals surface area (Å²) in [7, 11) is 0. The van der Waals surface area contributed by atoms with Gasteiger partial charge in [0.1, 0.15) is 12.4 Å². The van der Waals surface area contributed by atoms with Crippen LogP contribution in [0, 0.1) is 5.82 Å². The molecule has 0 bridgehead atoms. The van der Waals surface area contributed by atoms with Gasteiger partial charge in [-0.3, -0.25) is 19.4 Å². The van der Waals surface area contributed by atoms with E-state index in [0.29, 0.717) is 10.7 Å². The quantitative estimate of drug-likeness (QED) is 0.746. The van der Waals surface area contributed by atoms with E-state index in [1.165, 1.54) is 30.3 Å². The van der Waals surface area contributed by atoms with E-state index in [1.54, 1.807) is 6.07 Å². The molecule has 2 aromatic rings. The summed E-state index contributed by atoms with van der Waals surface area (Å²) in [5.41, 5.74) is 0.511. The fourth-order valence-electron chi connectivity index (χ4n) is 3.15. The molecule has 2 aliphatic heterocycles. The lowest BCUT2D eigenvalue weighted by Crippen LogP contribution is -2.43. The summed E-state index contributed by atoms with van der Waals surface area (Å²) in [4.78, 5) is 38.6. The summed E-state index contributed by atoms with van der Waals surface area (Å²) < 4.78 is 13.5. The smallest absolute Gasteiger partial charge is 0.263 e. The molecule has 0 radical (unpaired) electrons. The number of fused-ring (bicyclic) bond motifs is 1. The highest BCUT2D eigenvalue weighted by molar-refractivity contribution is 6.42. The first-order valence-electron chi connectivity index (χ1n) is 8.41. The molecular weight excluding hydrogens is 424 g/mol. The van der Waals surface area contributed by atoms with Crippen molar-refractivity contribution in [2.24, 2.45) is 10.3 Å². The highest BCUT2D eigenvalue weighted by atomic mass is 35.5. The summed E-state index contributed by atoms with van der Waals surface area (Å²) in [5, 5.41) is 12.0. The van der Waals surface area contributed by atoms with E-state index in [2.05, 4.69) is 15.7 Å². The lowest BCUT2D eigenvalue weighted by Gasteiger charge is -2.20. The second-order valence-electron chi connectivity index (χ2n) is 6.36. The largest absolute Gasteiger partial charge is 0.324 e. The fourth-order valence-corrected chi connectivity index (χ4v) is 3.44. The van der Waals surface area contributed by atoms with Gasteiger partial charge in [-0.25, -0.2) is 9.29 Å². The van der Waals surface area contributed by atoms with Crippen molar-refractivity contribution in [1.29, 1.82) is 0 Å². The summed E-state index contributed by atoms with van der Waals surface area (Å²) in [6, 6.07) is 7.55. The number of imide groups is 1. The molecule has 29 heavy (non-hydrogen) atoms. The predicted octanol–water partition coefficient (Wildman–Crippen LogP) is 3.06. The van der Waals surface area contributed by atoms with Gasteiger partial charge in [-0.2, -0.15) is 5.11 Å². The average molecular weight is 436 g/mol. The second-order valence-corrected chi connectivity index (χ2v) is 7.18. The van der Waals surface area contributed by atoms with Gasteiger partial charge in [0.25, 0.3) is 11.8 Å². The van der Waals surface area contributed by atoms with Gasteiger partial charge in [-0.1, -0.05) is 34.5 Å². The molecule has 2 atom stereocenters. The Morgan fingerprint density at radius 3 is 2.62 bits per heavy atom. The number of halogens is 3. The zero-order valence-electron chi connectivity index (χ0n) is 14.6. The Labute approximate surface area is 173 Å². The summed E-state index contributed by atoms with van der Waals surface area (Å²) in [6.07, 6.45) is 0. The zero-order valence-corrected chi connectivity index (χ0v) is 16.1. The van der Waals surface area contributed by atoms with E-state index in [1.807, 2.05) is 0 Å². The van der Waals surface area contributed by atoms with Crippen LogP contribution >= 0.6 is 23.2 Å². The van der Waals surface area contributed by atoms with Crippen LogP contribution in [0.3, 0.4) is 0 Å². The molecule has 3 amide bonds. The van der Waals surface area contributed by atoms with E-state index < -0.39 is 35.6 Å². The van der Waals surface area contributed by atoms with Gasteiger partial charge in [-0.15, -0.1) is 0 Å². The van der Waals surface area contributed by atoms with Gasteiger partial charge in [0, 0.05) is 5.69 Å². The minimum atomic E-state index is -1.08. The van der Waals surface area contributed by atoms with Crippen LogP contribution in [0.25, 0.3) is 0 Å². The topological polar surface area (TPSA) is 94.4 Å². The van der Waals surface area contributed by atoms with Crippen LogP contribution in [0.5, 0.6) is 0 Å². The lowest BCUT2D eigenvalue weighted by molar-refractivity contribution is -0.123. The second kappa shape index (κ2) is 7.41. The van der Waals surface area contributed by atoms with Crippen LogP contribution in [-0.2, 0) is 14.4 Å². The molecule has 2 aromatic carbocycles. The number of hydrogen-bond donors (Lipinski definition) is 1. The number of anilines is 2. The third-order valence-electron chi connectivity index (χ3n) is 4.43. The molecule has 1 saturated heterocycles. The maximum absolute atomic E-state index is 13.5. The van der Waals surface area contributed by atoms with Crippen molar-refractivity contribution in [2.75, 3.05) is 16.8 Å². The first-order chi connectivity index (χ1) is 13.8. The summed E-state index contributed by atoms with van der Waals surface area (Å²) >= 11 is 11.8. The van der Waals surface area contributed by atoms with E-state index in [0.717, 1.165) is 16.0 Å². The van der Waals surface area contributed by atoms with Crippen molar-refractivity contribution in [3.05, 3.63) is 58.3 Å². The minimum Gasteiger partial charge on any atom is -0.324 e. The van der Waals surface area contributed by atoms with Crippen LogP contribution < -0.4 is 10.2 Å². The Kier molecular flexibility index (Phi) is 4.93. The molecule has 1 fully saturated rings. The van der Waals surface area contributed by atoms with E-state index in [-0.39, 0.29) is 17.3 Å². The average Bonchev–Trinajstić information content (AvgIpc) is 3.18. The Hall–Kier alpha value is -3.04. The Balaban J connectivity index is 1.49. The molecule has 0 unspecified atom stereocenters. The Morgan fingerprint density at radius 1 is 1.10 bits per heavy atom. The van der Waals surface area contributed by atoms with E-state index >= 15 is 0 Å². The first-order valence-corrected chi connectivity index (χ1v) is 9.16. The fraction of sp³-hybridized carbons (Fsp3) is 0.167. The zero-order chi connectivity index (χ0) is 20.7. The highest BCUT2D eigenvalue weighted by Gasteiger charge is 2.55. The number of nitrogens with zero attached hydrogens (tertiary/aromatic N) is 4. The monoisotopic (exact) mass is 435 g/mol. The van der Waals surface area contributed by atoms with Gasteiger partial charge in [0.2, 0.25) is 5.91 Å². The number of amides is 3. The van der Waals surface area contributed by atoms with Gasteiger partial charge in [-0.05, 0) is 36.4 Å². The van der Waals surface area contributed by atoms with Crippen LogP contribution in [0.2, 0.25) is 10.0 Å². The van der Waals surface area contributed by atoms with Crippen molar-refractivity contribution in [2.45, 2.75) is 12.1 Å². The molecule has 2 aliphatic rings. The molecule has 0 aromatic heterocycles. The van der Waals surface area contributed by atoms with Crippen molar-refractivity contribution in [3.8, 4) is 0 Å². The van der Waals surface area contributed by atoms with E-state index in [4.69, 9.17) is 23.2 Å². The maximum Gasteiger partial charge on any atom is 0.263 e. The normalized spacial score (nSPS) is 20.4. The van der Waals surface area contributed by atoms with E-state index in [9.17, 15) is 18.8 Å². The SMILES string of the molecule is O=C(CN1N=N[C@H]2C(=O)N(c3cccc(F)c3)C(=O)[C@H]21)Nc1ccc(Cl)c(Cl)c1. The third-order valence-corrected chi connectivity index (χ3v) is 5.17. The number of rotatable bonds is 4.